The minimum absolute atomic E-state index is 0.00891. The zero-order valence-electron chi connectivity index (χ0n) is 17.6. The Kier molecular flexibility index (Phi) is 5.86. The number of amides is 1. The Bertz CT molecular complexity index is 888. The van der Waals surface area contributed by atoms with Crippen LogP contribution in [0.5, 0.6) is 11.5 Å². The molecule has 0 spiro atoms. The predicted octanol–water partition coefficient (Wildman–Crippen LogP) is 4.04. The molecule has 2 aliphatic rings. The van der Waals surface area contributed by atoms with E-state index in [-0.39, 0.29) is 17.5 Å². The fraction of sp³-hybridized carbons (Fsp3) is 0.458. The number of nitrogens with one attached hydrogen (secondary N) is 1. The van der Waals surface area contributed by atoms with Crippen molar-refractivity contribution < 1.29 is 19.4 Å². The summed E-state index contributed by atoms with van der Waals surface area (Å²) < 4.78 is 11.0. The monoisotopic (exact) mass is 410 g/mol. The minimum atomic E-state index is -0.939. The molecular weight excluding hydrogens is 380 g/mol. The second-order valence-electron chi connectivity index (χ2n) is 8.37. The van der Waals surface area contributed by atoms with Gasteiger partial charge in [-0.15, -0.1) is 0 Å². The van der Waals surface area contributed by atoms with E-state index in [0.717, 1.165) is 50.3 Å². The van der Waals surface area contributed by atoms with Crippen molar-refractivity contribution in [2.45, 2.75) is 49.7 Å². The van der Waals surface area contributed by atoms with Gasteiger partial charge in [0.1, 0.15) is 0 Å². The zero-order valence-corrected chi connectivity index (χ0v) is 17.6. The highest BCUT2D eigenvalue weighted by atomic mass is 16.5. The van der Waals surface area contributed by atoms with Gasteiger partial charge in [-0.1, -0.05) is 36.4 Å². The number of rotatable bonds is 6. The largest absolute Gasteiger partial charge is 0.493 e. The van der Waals surface area contributed by atoms with Crippen LogP contribution in [0.15, 0.2) is 48.5 Å². The summed E-state index contributed by atoms with van der Waals surface area (Å²) in [5.74, 6) is 1.48. The Morgan fingerprint density at radius 2 is 1.90 bits per heavy atom. The number of nitrogens with zero attached hydrogens (tertiary/aromatic N) is 1. The summed E-state index contributed by atoms with van der Waals surface area (Å²) in [6.45, 7) is 1.87. The Morgan fingerprint density at radius 1 is 1.13 bits per heavy atom. The van der Waals surface area contributed by atoms with Gasteiger partial charge in [-0.25, -0.2) is 4.79 Å². The van der Waals surface area contributed by atoms with E-state index in [9.17, 15) is 9.90 Å². The summed E-state index contributed by atoms with van der Waals surface area (Å²) in [5, 5.41) is 12.0. The maximum atomic E-state index is 11.3. The summed E-state index contributed by atoms with van der Waals surface area (Å²) in [4.78, 5) is 13.8. The molecule has 6 heteroatoms. The van der Waals surface area contributed by atoms with Gasteiger partial charge in [-0.2, -0.15) is 0 Å². The second kappa shape index (κ2) is 8.56. The zero-order chi connectivity index (χ0) is 21.1. The Balaban J connectivity index is 1.67. The van der Waals surface area contributed by atoms with E-state index in [2.05, 4.69) is 46.6 Å². The SMILES string of the molecule is COc1ccc(C23CCC(NC(=O)O)CC2N(Cc2ccccc2)CC3)cc1OC. The van der Waals surface area contributed by atoms with Crippen LogP contribution in [-0.2, 0) is 12.0 Å². The molecule has 1 saturated carbocycles. The lowest BCUT2D eigenvalue weighted by atomic mass is 9.65. The van der Waals surface area contributed by atoms with Gasteiger partial charge in [-0.05, 0) is 55.5 Å². The molecular formula is C24H30N2O4. The highest BCUT2D eigenvalue weighted by molar-refractivity contribution is 5.65. The van der Waals surface area contributed by atoms with Crippen LogP contribution in [0.3, 0.4) is 0 Å². The molecule has 3 unspecified atom stereocenters. The van der Waals surface area contributed by atoms with E-state index < -0.39 is 6.09 Å². The first kappa shape index (κ1) is 20.5. The van der Waals surface area contributed by atoms with Crippen molar-refractivity contribution in [3.8, 4) is 11.5 Å². The fourth-order valence-electron chi connectivity index (χ4n) is 5.44. The van der Waals surface area contributed by atoms with Gasteiger partial charge in [0.05, 0.1) is 14.2 Å². The molecule has 3 atom stereocenters. The van der Waals surface area contributed by atoms with E-state index in [1.165, 1.54) is 11.1 Å². The molecule has 1 aliphatic carbocycles. The maximum Gasteiger partial charge on any atom is 0.404 e. The molecule has 1 saturated heterocycles. The van der Waals surface area contributed by atoms with Crippen molar-refractivity contribution in [1.29, 1.82) is 0 Å². The normalized spacial score (nSPS) is 26.1. The van der Waals surface area contributed by atoms with E-state index in [0.29, 0.717) is 0 Å². The Morgan fingerprint density at radius 3 is 2.60 bits per heavy atom. The van der Waals surface area contributed by atoms with E-state index in [4.69, 9.17) is 9.47 Å². The summed E-state index contributed by atoms with van der Waals surface area (Å²) in [5.41, 5.74) is 2.54. The number of likely N-dealkylation sites (tertiary alicyclic amines) is 1. The van der Waals surface area contributed by atoms with Gasteiger partial charge < -0.3 is 19.9 Å². The quantitative estimate of drug-likeness (QED) is 0.752. The van der Waals surface area contributed by atoms with Gasteiger partial charge >= 0.3 is 6.09 Å². The molecule has 2 fully saturated rings. The van der Waals surface area contributed by atoms with Crippen LogP contribution in [0.1, 0.15) is 36.8 Å². The number of benzene rings is 2. The van der Waals surface area contributed by atoms with E-state index >= 15 is 0 Å². The smallest absolute Gasteiger partial charge is 0.404 e. The predicted molar refractivity (Wildman–Crippen MR) is 115 cm³/mol. The molecule has 160 valence electrons. The highest BCUT2D eigenvalue weighted by Crippen LogP contribution is 2.50. The van der Waals surface area contributed by atoms with Crippen molar-refractivity contribution in [3.05, 3.63) is 59.7 Å². The third kappa shape index (κ3) is 3.84. The molecule has 4 rings (SSSR count). The molecule has 1 aliphatic heterocycles. The summed E-state index contributed by atoms with van der Waals surface area (Å²) in [7, 11) is 3.32. The lowest BCUT2D eigenvalue weighted by Gasteiger charge is -2.45. The highest BCUT2D eigenvalue weighted by Gasteiger charge is 2.51. The van der Waals surface area contributed by atoms with Crippen molar-refractivity contribution in [1.82, 2.24) is 10.2 Å². The van der Waals surface area contributed by atoms with Gasteiger partial charge in [0.15, 0.2) is 11.5 Å². The van der Waals surface area contributed by atoms with Gasteiger partial charge in [0.25, 0.3) is 0 Å². The van der Waals surface area contributed by atoms with Crippen molar-refractivity contribution in [2.75, 3.05) is 20.8 Å². The number of hydrogen-bond acceptors (Lipinski definition) is 4. The maximum absolute atomic E-state index is 11.3. The van der Waals surface area contributed by atoms with Crippen LogP contribution in [0.4, 0.5) is 4.79 Å². The molecule has 2 aromatic rings. The van der Waals surface area contributed by atoms with Gasteiger partial charge in [-0.3, -0.25) is 4.90 Å². The summed E-state index contributed by atoms with van der Waals surface area (Å²) >= 11 is 0. The summed E-state index contributed by atoms with van der Waals surface area (Å²) in [6.07, 6.45) is 2.72. The molecule has 2 aromatic carbocycles. The third-order valence-electron chi connectivity index (χ3n) is 6.89. The van der Waals surface area contributed by atoms with Crippen LogP contribution in [0, 0.1) is 0 Å². The number of hydrogen-bond donors (Lipinski definition) is 2. The van der Waals surface area contributed by atoms with E-state index in [1.54, 1.807) is 14.2 Å². The lowest BCUT2D eigenvalue weighted by Crippen LogP contribution is -2.52. The van der Waals surface area contributed by atoms with Gasteiger partial charge in [0, 0.05) is 24.0 Å². The van der Waals surface area contributed by atoms with Crippen molar-refractivity contribution in [2.24, 2.45) is 0 Å². The first-order chi connectivity index (χ1) is 14.6. The Labute approximate surface area is 177 Å². The first-order valence-electron chi connectivity index (χ1n) is 10.6. The lowest BCUT2D eigenvalue weighted by molar-refractivity contribution is 0.124. The van der Waals surface area contributed by atoms with Crippen LogP contribution < -0.4 is 14.8 Å². The average molecular weight is 411 g/mol. The molecule has 1 amide bonds. The number of methoxy groups -OCH3 is 2. The van der Waals surface area contributed by atoms with Crippen LogP contribution in [0.25, 0.3) is 0 Å². The van der Waals surface area contributed by atoms with E-state index in [1.807, 2.05) is 12.1 Å². The third-order valence-corrected chi connectivity index (χ3v) is 6.89. The minimum Gasteiger partial charge on any atom is -0.493 e. The molecule has 6 nitrogen and oxygen atoms in total. The molecule has 0 aromatic heterocycles. The molecule has 30 heavy (non-hydrogen) atoms. The number of ether oxygens (including phenoxy) is 2. The molecule has 0 bridgehead atoms. The molecule has 1 heterocycles. The number of fused-ring (bicyclic) bond motifs is 1. The molecule has 2 N–H and O–H groups in total. The molecule has 0 radical (unpaired) electrons. The van der Waals surface area contributed by atoms with Crippen molar-refractivity contribution in [3.63, 3.8) is 0 Å². The van der Waals surface area contributed by atoms with Gasteiger partial charge in [0.2, 0.25) is 0 Å². The number of carbonyl (C=O) groups is 1. The fourth-order valence-corrected chi connectivity index (χ4v) is 5.44. The number of carboxylic acid groups (broad SMARTS) is 1. The first-order valence-corrected chi connectivity index (χ1v) is 10.6. The second-order valence-corrected chi connectivity index (χ2v) is 8.37. The average Bonchev–Trinajstić information content (AvgIpc) is 3.12. The van der Waals surface area contributed by atoms with Crippen LogP contribution in [0.2, 0.25) is 0 Å². The Hall–Kier alpha value is -2.73. The summed E-state index contributed by atoms with van der Waals surface area (Å²) in [6, 6.07) is 17.0. The van der Waals surface area contributed by atoms with Crippen molar-refractivity contribution >= 4 is 6.09 Å². The standard InChI is InChI=1S/C24H30N2O4/c1-29-20-9-8-18(14-21(20)30-2)24-11-10-19(25-23(27)28)15-22(24)26(13-12-24)16-17-6-4-3-5-7-17/h3-9,14,19,22,25H,10-13,15-16H2,1-2H3,(H,27,28). The van der Waals surface area contributed by atoms with Crippen LogP contribution in [-0.4, -0.2) is 48.9 Å². The topological polar surface area (TPSA) is 71.0 Å². The van der Waals surface area contributed by atoms with Crippen LogP contribution >= 0.6 is 0 Å².